The number of carbonyl (C=O) groups is 1. The highest BCUT2D eigenvalue weighted by Crippen LogP contribution is 2.18. The third kappa shape index (κ3) is 1.85. The van der Waals surface area contributed by atoms with E-state index in [1.165, 1.54) is 0 Å². The second kappa shape index (κ2) is 3.93. The molecule has 0 bridgehead atoms. The van der Waals surface area contributed by atoms with Gasteiger partial charge < -0.3 is 4.74 Å². The van der Waals surface area contributed by atoms with Gasteiger partial charge in [0.25, 0.3) is 0 Å². The number of carbonyl (C=O) groups excluding carboxylic acids is 1. The summed E-state index contributed by atoms with van der Waals surface area (Å²) in [4.78, 5) is 11.9. The molecule has 1 unspecified atom stereocenters. The highest BCUT2D eigenvalue weighted by atomic mass is 16.5. The summed E-state index contributed by atoms with van der Waals surface area (Å²) in [5.41, 5.74) is 1.95. The Hall–Kier alpha value is -1.15. The van der Waals surface area contributed by atoms with E-state index in [1.807, 2.05) is 31.2 Å². The molecule has 1 heterocycles. The lowest BCUT2D eigenvalue weighted by Crippen LogP contribution is -2.14. The van der Waals surface area contributed by atoms with Gasteiger partial charge in [-0.3, -0.25) is 4.79 Å². The van der Waals surface area contributed by atoms with Crippen LogP contribution < -0.4 is 0 Å². The minimum absolute atomic E-state index is 0.0804. The average molecular weight is 190 g/mol. The van der Waals surface area contributed by atoms with Crippen molar-refractivity contribution in [2.45, 2.75) is 13.3 Å². The normalized spacial score (nSPS) is 21.1. The molecule has 0 radical (unpaired) electrons. The standard InChI is InChI=1S/C12H14O2/c1-9-3-2-4-10(7-9)12(13)11-5-6-14-8-11/h2-4,7,11H,5-6,8H2,1H3. The van der Waals surface area contributed by atoms with Gasteiger partial charge in [0.1, 0.15) is 0 Å². The number of rotatable bonds is 2. The summed E-state index contributed by atoms with van der Waals surface area (Å²) < 4.78 is 5.21. The topological polar surface area (TPSA) is 26.3 Å². The Morgan fingerprint density at radius 3 is 3.00 bits per heavy atom. The van der Waals surface area contributed by atoms with Crippen LogP contribution in [0.5, 0.6) is 0 Å². The summed E-state index contributed by atoms with van der Waals surface area (Å²) in [7, 11) is 0. The number of ketones is 1. The van der Waals surface area contributed by atoms with Crippen molar-refractivity contribution in [3.8, 4) is 0 Å². The molecule has 1 saturated heterocycles. The summed E-state index contributed by atoms with van der Waals surface area (Å²) in [5.74, 6) is 0.308. The summed E-state index contributed by atoms with van der Waals surface area (Å²) in [6, 6.07) is 7.76. The SMILES string of the molecule is Cc1cccc(C(=O)C2CCOC2)c1. The fourth-order valence-electron chi connectivity index (χ4n) is 1.78. The van der Waals surface area contributed by atoms with Crippen LogP contribution in [-0.4, -0.2) is 19.0 Å². The molecular formula is C12H14O2. The molecular weight excluding hydrogens is 176 g/mol. The van der Waals surface area contributed by atoms with Crippen molar-refractivity contribution in [3.63, 3.8) is 0 Å². The lowest BCUT2D eigenvalue weighted by molar-refractivity contribution is 0.0900. The van der Waals surface area contributed by atoms with Crippen molar-refractivity contribution < 1.29 is 9.53 Å². The fraction of sp³-hybridized carbons (Fsp3) is 0.417. The van der Waals surface area contributed by atoms with Gasteiger partial charge in [-0.2, -0.15) is 0 Å². The lowest BCUT2D eigenvalue weighted by Gasteiger charge is -2.06. The van der Waals surface area contributed by atoms with Gasteiger partial charge in [-0.05, 0) is 19.4 Å². The van der Waals surface area contributed by atoms with Gasteiger partial charge >= 0.3 is 0 Å². The number of ether oxygens (including phenoxy) is 1. The zero-order valence-electron chi connectivity index (χ0n) is 8.32. The van der Waals surface area contributed by atoms with Crippen LogP contribution in [0.15, 0.2) is 24.3 Å². The Labute approximate surface area is 83.9 Å². The zero-order valence-corrected chi connectivity index (χ0v) is 8.32. The number of hydrogen-bond acceptors (Lipinski definition) is 2. The first-order chi connectivity index (χ1) is 6.77. The molecule has 0 N–H and O–H groups in total. The first-order valence-electron chi connectivity index (χ1n) is 4.96. The van der Waals surface area contributed by atoms with E-state index in [2.05, 4.69) is 0 Å². The molecule has 1 aromatic carbocycles. The first-order valence-corrected chi connectivity index (χ1v) is 4.96. The number of aryl methyl sites for hydroxylation is 1. The molecule has 1 fully saturated rings. The molecule has 14 heavy (non-hydrogen) atoms. The van der Waals surface area contributed by atoms with Crippen LogP contribution >= 0.6 is 0 Å². The van der Waals surface area contributed by atoms with Crippen molar-refractivity contribution in [2.24, 2.45) is 5.92 Å². The molecule has 1 atom stereocenters. The number of hydrogen-bond donors (Lipinski definition) is 0. The maximum atomic E-state index is 11.9. The summed E-state index contributed by atoms with van der Waals surface area (Å²) in [5, 5.41) is 0. The molecule has 74 valence electrons. The molecule has 0 saturated carbocycles. The van der Waals surface area contributed by atoms with Gasteiger partial charge in [0.05, 0.1) is 6.61 Å². The second-order valence-corrected chi connectivity index (χ2v) is 3.79. The molecule has 1 aliphatic heterocycles. The van der Waals surface area contributed by atoms with Crippen molar-refractivity contribution >= 4 is 5.78 Å². The maximum absolute atomic E-state index is 11.9. The summed E-state index contributed by atoms with van der Waals surface area (Å²) in [6.45, 7) is 3.32. The largest absolute Gasteiger partial charge is 0.381 e. The quantitative estimate of drug-likeness (QED) is 0.668. The first kappa shape index (κ1) is 9.41. The van der Waals surface area contributed by atoms with E-state index in [9.17, 15) is 4.79 Å². The molecule has 2 nitrogen and oxygen atoms in total. The van der Waals surface area contributed by atoms with Crippen molar-refractivity contribution in [1.82, 2.24) is 0 Å². The predicted octanol–water partition coefficient (Wildman–Crippen LogP) is 2.21. The van der Waals surface area contributed by atoms with E-state index in [1.54, 1.807) is 0 Å². The van der Waals surface area contributed by atoms with Gasteiger partial charge in [-0.25, -0.2) is 0 Å². The molecule has 1 aromatic rings. The molecule has 0 aromatic heterocycles. The van der Waals surface area contributed by atoms with Crippen LogP contribution in [0.2, 0.25) is 0 Å². The number of benzene rings is 1. The molecule has 1 aliphatic rings. The Bertz CT molecular complexity index is 338. The third-order valence-electron chi connectivity index (χ3n) is 2.60. The minimum Gasteiger partial charge on any atom is -0.381 e. The zero-order chi connectivity index (χ0) is 9.97. The van der Waals surface area contributed by atoms with Gasteiger partial charge in [0.2, 0.25) is 0 Å². The van der Waals surface area contributed by atoms with E-state index in [0.717, 1.165) is 24.2 Å². The van der Waals surface area contributed by atoms with Crippen LogP contribution in [0.25, 0.3) is 0 Å². The lowest BCUT2D eigenvalue weighted by atomic mass is 9.96. The predicted molar refractivity (Wildman–Crippen MR) is 54.4 cm³/mol. The Morgan fingerprint density at radius 1 is 1.50 bits per heavy atom. The van der Waals surface area contributed by atoms with Gasteiger partial charge in [0, 0.05) is 18.1 Å². The number of Topliss-reactive ketones (excluding diaryl/α,β-unsaturated/α-hetero) is 1. The van der Waals surface area contributed by atoms with Crippen LogP contribution in [0.1, 0.15) is 22.3 Å². The van der Waals surface area contributed by atoms with Crippen molar-refractivity contribution in [1.29, 1.82) is 0 Å². The van der Waals surface area contributed by atoms with E-state index < -0.39 is 0 Å². The highest BCUT2D eigenvalue weighted by molar-refractivity contribution is 5.98. The van der Waals surface area contributed by atoms with E-state index in [4.69, 9.17) is 4.74 Å². The third-order valence-corrected chi connectivity index (χ3v) is 2.60. The van der Waals surface area contributed by atoms with Gasteiger partial charge in [-0.1, -0.05) is 23.8 Å². The van der Waals surface area contributed by atoms with Gasteiger partial charge in [-0.15, -0.1) is 0 Å². The maximum Gasteiger partial charge on any atom is 0.168 e. The summed E-state index contributed by atoms with van der Waals surface area (Å²) >= 11 is 0. The Kier molecular flexibility index (Phi) is 2.64. The van der Waals surface area contributed by atoms with E-state index in [0.29, 0.717) is 6.61 Å². The van der Waals surface area contributed by atoms with Crippen LogP contribution in [0.4, 0.5) is 0 Å². The Morgan fingerprint density at radius 2 is 2.36 bits per heavy atom. The monoisotopic (exact) mass is 190 g/mol. The molecule has 2 heteroatoms. The van der Waals surface area contributed by atoms with Crippen LogP contribution in [0, 0.1) is 12.8 Å². The van der Waals surface area contributed by atoms with Crippen molar-refractivity contribution in [3.05, 3.63) is 35.4 Å². The van der Waals surface area contributed by atoms with Crippen molar-refractivity contribution in [2.75, 3.05) is 13.2 Å². The average Bonchev–Trinajstić information content (AvgIpc) is 2.69. The molecule has 2 rings (SSSR count). The summed E-state index contributed by atoms with van der Waals surface area (Å²) in [6.07, 6.45) is 0.868. The fourth-order valence-corrected chi connectivity index (χ4v) is 1.78. The van der Waals surface area contributed by atoms with Crippen LogP contribution in [-0.2, 0) is 4.74 Å². The van der Waals surface area contributed by atoms with E-state index >= 15 is 0 Å². The van der Waals surface area contributed by atoms with E-state index in [-0.39, 0.29) is 11.7 Å². The Balaban J connectivity index is 2.17. The smallest absolute Gasteiger partial charge is 0.168 e. The second-order valence-electron chi connectivity index (χ2n) is 3.79. The molecule has 0 amide bonds. The molecule has 0 spiro atoms. The highest BCUT2D eigenvalue weighted by Gasteiger charge is 2.24. The van der Waals surface area contributed by atoms with Crippen LogP contribution in [0.3, 0.4) is 0 Å². The van der Waals surface area contributed by atoms with Gasteiger partial charge in [0.15, 0.2) is 5.78 Å². The molecule has 0 aliphatic carbocycles. The minimum atomic E-state index is 0.0804.